The first-order chi connectivity index (χ1) is 10.5. The highest BCUT2D eigenvalue weighted by molar-refractivity contribution is 7.89. The van der Waals surface area contributed by atoms with E-state index >= 15 is 0 Å². The van der Waals surface area contributed by atoms with Crippen LogP contribution in [-0.4, -0.2) is 19.3 Å². The fraction of sp³-hybridized carbons (Fsp3) is 0.111. The minimum absolute atomic E-state index is 0.0143. The van der Waals surface area contributed by atoms with Gasteiger partial charge in [-0.1, -0.05) is 53.9 Å². The summed E-state index contributed by atoms with van der Waals surface area (Å²) in [4.78, 5) is 0.228. The SMILES string of the molecule is C#CCN(/C=C/c1ccccc1)S(=O)(=O)c1ccc(C)cc1. The highest BCUT2D eigenvalue weighted by Crippen LogP contribution is 2.17. The summed E-state index contributed by atoms with van der Waals surface area (Å²) in [6, 6.07) is 16.2. The number of sulfonamides is 1. The van der Waals surface area contributed by atoms with Gasteiger partial charge in [-0.2, -0.15) is 0 Å². The molecule has 0 unspecified atom stereocenters. The molecule has 0 radical (unpaired) electrons. The molecule has 2 aromatic rings. The maximum Gasteiger partial charge on any atom is 0.264 e. The van der Waals surface area contributed by atoms with E-state index in [1.807, 2.05) is 37.3 Å². The molecule has 0 aliphatic heterocycles. The highest BCUT2D eigenvalue weighted by Gasteiger charge is 2.20. The van der Waals surface area contributed by atoms with Crippen LogP contribution in [0.25, 0.3) is 6.08 Å². The second-order valence-electron chi connectivity index (χ2n) is 4.79. The molecule has 112 valence electrons. The second kappa shape index (κ2) is 6.97. The average Bonchev–Trinajstić information content (AvgIpc) is 2.52. The molecule has 0 atom stereocenters. The molecule has 4 heteroatoms. The molecule has 22 heavy (non-hydrogen) atoms. The second-order valence-corrected chi connectivity index (χ2v) is 6.68. The lowest BCUT2D eigenvalue weighted by Crippen LogP contribution is -2.26. The van der Waals surface area contributed by atoms with Gasteiger partial charge in [0.15, 0.2) is 0 Å². The van der Waals surface area contributed by atoms with Crippen LogP contribution in [0, 0.1) is 19.3 Å². The molecule has 3 nitrogen and oxygen atoms in total. The highest BCUT2D eigenvalue weighted by atomic mass is 32.2. The Labute approximate surface area is 132 Å². The Morgan fingerprint density at radius 3 is 2.32 bits per heavy atom. The molecule has 0 saturated heterocycles. The lowest BCUT2D eigenvalue weighted by atomic mass is 10.2. The molecule has 0 spiro atoms. The van der Waals surface area contributed by atoms with Gasteiger partial charge in [0.25, 0.3) is 10.0 Å². The smallest absolute Gasteiger partial charge is 0.261 e. The summed E-state index contributed by atoms with van der Waals surface area (Å²) in [6.07, 6.45) is 8.54. The summed E-state index contributed by atoms with van der Waals surface area (Å²) < 4.78 is 26.4. The van der Waals surface area contributed by atoms with Crippen molar-refractivity contribution in [3.8, 4) is 12.3 Å². The van der Waals surface area contributed by atoms with Crippen LogP contribution in [0.2, 0.25) is 0 Å². The van der Waals surface area contributed by atoms with Crippen molar-refractivity contribution in [2.75, 3.05) is 6.54 Å². The molecule has 2 rings (SSSR count). The lowest BCUT2D eigenvalue weighted by Gasteiger charge is -2.18. The molecular weight excluding hydrogens is 294 g/mol. The number of rotatable bonds is 5. The summed E-state index contributed by atoms with van der Waals surface area (Å²) in [5.74, 6) is 2.39. The van der Waals surface area contributed by atoms with Crippen LogP contribution in [0.5, 0.6) is 0 Å². The summed E-state index contributed by atoms with van der Waals surface area (Å²) in [5.41, 5.74) is 1.91. The molecule has 0 N–H and O–H groups in total. The first kappa shape index (κ1) is 15.9. The minimum atomic E-state index is -3.65. The van der Waals surface area contributed by atoms with E-state index in [9.17, 15) is 8.42 Å². The van der Waals surface area contributed by atoms with Crippen molar-refractivity contribution in [1.29, 1.82) is 0 Å². The Bertz CT molecular complexity index is 785. The van der Waals surface area contributed by atoms with Crippen molar-refractivity contribution >= 4 is 16.1 Å². The van der Waals surface area contributed by atoms with Crippen LogP contribution in [0.3, 0.4) is 0 Å². The minimum Gasteiger partial charge on any atom is -0.261 e. The fourth-order valence-corrected chi connectivity index (χ4v) is 3.10. The number of aryl methyl sites for hydroxylation is 1. The van der Waals surface area contributed by atoms with E-state index in [-0.39, 0.29) is 11.4 Å². The number of terminal acetylenes is 1. The van der Waals surface area contributed by atoms with Gasteiger partial charge in [0.1, 0.15) is 0 Å². The van der Waals surface area contributed by atoms with Crippen molar-refractivity contribution in [3.05, 3.63) is 71.9 Å². The Balaban J connectivity index is 2.33. The molecule has 0 aromatic heterocycles. The van der Waals surface area contributed by atoms with Crippen LogP contribution in [0.15, 0.2) is 65.7 Å². The first-order valence-corrected chi connectivity index (χ1v) is 8.23. The summed E-state index contributed by atoms with van der Waals surface area (Å²) >= 11 is 0. The zero-order valence-electron chi connectivity index (χ0n) is 12.3. The van der Waals surface area contributed by atoms with Crippen molar-refractivity contribution < 1.29 is 8.42 Å². The van der Waals surface area contributed by atoms with E-state index < -0.39 is 10.0 Å². The zero-order valence-corrected chi connectivity index (χ0v) is 13.1. The number of benzene rings is 2. The van der Waals surface area contributed by atoms with Gasteiger partial charge in [0.05, 0.1) is 11.4 Å². The van der Waals surface area contributed by atoms with Crippen molar-refractivity contribution in [2.24, 2.45) is 0 Å². The van der Waals surface area contributed by atoms with Gasteiger partial charge in [-0.15, -0.1) is 6.42 Å². The van der Waals surface area contributed by atoms with Gasteiger partial charge >= 0.3 is 0 Å². The van der Waals surface area contributed by atoms with E-state index in [0.29, 0.717) is 0 Å². The first-order valence-electron chi connectivity index (χ1n) is 6.79. The predicted octanol–water partition coefficient (Wildman–Crippen LogP) is 3.29. The van der Waals surface area contributed by atoms with Crippen LogP contribution >= 0.6 is 0 Å². The van der Waals surface area contributed by atoms with E-state index in [0.717, 1.165) is 11.1 Å². The van der Waals surface area contributed by atoms with Crippen molar-refractivity contribution in [2.45, 2.75) is 11.8 Å². The number of nitrogens with zero attached hydrogens (tertiary/aromatic N) is 1. The molecule has 0 heterocycles. The fourth-order valence-electron chi connectivity index (χ4n) is 1.89. The van der Waals surface area contributed by atoms with Crippen LogP contribution in [0.4, 0.5) is 0 Å². The van der Waals surface area contributed by atoms with Gasteiger partial charge in [-0.05, 0) is 30.7 Å². The third-order valence-corrected chi connectivity index (χ3v) is 4.84. The van der Waals surface area contributed by atoms with Gasteiger partial charge in [0.2, 0.25) is 0 Å². The Hall–Kier alpha value is -2.51. The van der Waals surface area contributed by atoms with Gasteiger partial charge in [-0.25, -0.2) is 8.42 Å². The maximum atomic E-state index is 12.6. The topological polar surface area (TPSA) is 37.4 Å². The number of hydrogen-bond donors (Lipinski definition) is 0. The van der Waals surface area contributed by atoms with E-state index in [2.05, 4.69) is 5.92 Å². The monoisotopic (exact) mass is 311 g/mol. The van der Waals surface area contributed by atoms with Gasteiger partial charge < -0.3 is 0 Å². The third kappa shape index (κ3) is 3.78. The molecule has 0 aliphatic carbocycles. The summed E-state index contributed by atoms with van der Waals surface area (Å²) in [7, 11) is -3.65. The molecule has 0 fully saturated rings. The molecule has 0 aliphatic rings. The van der Waals surface area contributed by atoms with Gasteiger partial charge in [0, 0.05) is 6.20 Å². The standard InChI is InChI=1S/C18H17NO2S/c1-3-14-19(15-13-17-7-5-4-6-8-17)22(20,21)18-11-9-16(2)10-12-18/h1,4-13,15H,14H2,2H3/b15-13+. The van der Waals surface area contributed by atoms with Crippen LogP contribution in [-0.2, 0) is 10.0 Å². The van der Waals surface area contributed by atoms with E-state index in [1.165, 1.54) is 10.5 Å². The van der Waals surface area contributed by atoms with Crippen molar-refractivity contribution in [3.63, 3.8) is 0 Å². The Morgan fingerprint density at radius 2 is 1.73 bits per heavy atom. The molecule has 0 amide bonds. The maximum absolute atomic E-state index is 12.6. The quantitative estimate of drug-likeness (QED) is 0.795. The Kier molecular flexibility index (Phi) is 5.03. The van der Waals surface area contributed by atoms with Crippen molar-refractivity contribution in [1.82, 2.24) is 4.31 Å². The number of hydrogen-bond acceptors (Lipinski definition) is 2. The van der Waals surface area contributed by atoms with Crippen LogP contribution in [0.1, 0.15) is 11.1 Å². The Morgan fingerprint density at radius 1 is 1.09 bits per heavy atom. The predicted molar refractivity (Wildman–Crippen MR) is 89.4 cm³/mol. The summed E-state index contributed by atoms with van der Waals surface area (Å²) in [6.45, 7) is 1.89. The average molecular weight is 311 g/mol. The lowest BCUT2D eigenvalue weighted by molar-refractivity contribution is 0.526. The van der Waals surface area contributed by atoms with E-state index in [4.69, 9.17) is 6.42 Å². The molecule has 0 saturated carbocycles. The molecular formula is C18H17NO2S. The van der Waals surface area contributed by atoms with E-state index in [1.54, 1.807) is 30.3 Å². The molecule has 2 aromatic carbocycles. The largest absolute Gasteiger partial charge is 0.264 e. The summed E-state index contributed by atoms with van der Waals surface area (Å²) in [5, 5.41) is 0. The molecule has 0 bridgehead atoms. The van der Waals surface area contributed by atoms with Gasteiger partial charge in [-0.3, -0.25) is 4.31 Å². The van der Waals surface area contributed by atoms with Crippen LogP contribution < -0.4 is 0 Å². The third-order valence-electron chi connectivity index (χ3n) is 3.11. The zero-order chi connectivity index (χ0) is 16.0. The normalized spacial score (nSPS) is 11.3.